The van der Waals surface area contributed by atoms with E-state index in [0.29, 0.717) is 0 Å². The van der Waals surface area contributed by atoms with Gasteiger partial charge in [-0.3, -0.25) is 9.59 Å². The Hall–Kier alpha value is -1.10. The van der Waals surface area contributed by atoms with E-state index in [1.165, 1.54) is 11.9 Å². The van der Waals surface area contributed by atoms with Crippen molar-refractivity contribution in [1.29, 1.82) is 0 Å². The van der Waals surface area contributed by atoms with Gasteiger partial charge in [0.25, 0.3) is 0 Å². The van der Waals surface area contributed by atoms with Crippen molar-refractivity contribution >= 4 is 11.9 Å². The Labute approximate surface area is 102 Å². The van der Waals surface area contributed by atoms with Crippen molar-refractivity contribution in [2.45, 2.75) is 40.2 Å². The number of hydrogen-bond donors (Lipinski definition) is 2. The zero-order valence-electron chi connectivity index (χ0n) is 11.4. The molecule has 5 nitrogen and oxygen atoms in total. The number of amides is 1. The summed E-state index contributed by atoms with van der Waals surface area (Å²) in [6.45, 7) is 8.29. The predicted octanol–water partition coefficient (Wildman–Crippen LogP) is 0.963. The molecule has 0 radical (unpaired) electrons. The van der Waals surface area contributed by atoms with Crippen molar-refractivity contribution in [2.75, 3.05) is 13.7 Å². The minimum absolute atomic E-state index is 0.217. The normalized spacial score (nSPS) is 14.3. The van der Waals surface area contributed by atoms with Crippen LogP contribution in [0.2, 0.25) is 0 Å². The molecular formula is C12H23NO4. The molecule has 1 unspecified atom stereocenters. The van der Waals surface area contributed by atoms with Crippen LogP contribution in [-0.4, -0.2) is 46.2 Å². The summed E-state index contributed by atoms with van der Waals surface area (Å²) < 4.78 is 0. The molecule has 100 valence electrons. The van der Waals surface area contributed by atoms with E-state index in [1.807, 2.05) is 0 Å². The summed E-state index contributed by atoms with van der Waals surface area (Å²) in [5.41, 5.74) is -1.43. The lowest BCUT2D eigenvalue weighted by atomic mass is 9.79. The molecule has 1 amide bonds. The fraction of sp³-hybridized carbons (Fsp3) is 0.833. The van der Waals surface area contributed by atoms with Crippen LogP contribution in [0.25, 0.3) is 0 Å². The molecule has 0 saturated heterocycles. The van der Waals surface area contributed by atoms with Crippen molar-refractivity contribution in [3.05, 3.63) is 0 Å². The van der Waals surface area contributed by atoms with Crippen molar-refractivity contribution in [2.24, 2.45) is 11.3 Å². The summed E-state index contributed by atoms with van der Waals surface area (Å²) in [6, 6.07) is 0. The Kier molecular flexibility index (Phi) is 4.71. The maximum Gasteiger partial charge on any atom is 0.316 e. The number of carbonyl (C=O) groups excluding carboxylic acids is 1. The number of aliphatic hydroxyl groups excluding tert-OH is 1. The number of likely N-dealkylation sites (N-methyl/N-ethyl adjacent to an activating group) is 1. The van der Waals surface area contributed by atoms with Gasteiger partial charge in [0.2, 0.25) is 5.91 Å². The SMILES string of the molecule is CN(C(=O)C(C(=O)O)C(C)(C)C)C(C)(C)CO. The van der Waals surface area contributed by atoms with E-state index in [4.69, 9.17) is 5.11 Å². The maximum absolute atomic E-state index is 12.2. The molecular weight excluding hydrogens is 222 g/mol. The Morgan fingerprint density at radius 2 is 1.59 bits per heavy atom. The molecule has 0 heterocycles. The third-order valence-electron chi connectivity index (χ3n) is 2.99. The van der Waals surface area contributed by atoms with Gasteiger partial charge in [0.05, 0.1) is 12.1 Å². The monoisotopic (exact) mass is 245 g/mol. The molecule has 0 fully saturated rings. The Bertz CT molecular complexity index is 304. The van der Waals surface area contributed by atoms with E-state index < -0.39 is 28.7 Å². The van der Waals surface area contributed by atoms with E-state index in [0.717, 1.165) is 0 Å². The third-order valence-corrected chi connectivity index (χ3v) is 2.99. The fourth-order valence-electron chi connectivity index (χ4n) is 1.44. The molecule has 0 aliphatic rings. The molecule has 0 rings (SSSR count). The lowest BCUT2D eigenvalue weighted by molar-refractivity contribution is -0.158. The van der Waals surface area contributed by atoms with E-state index in [2.05, 4.69) is 0 Å². The average Bonchev–Trinajstić information content (AvgIpc) is 2.13. The first-order chi connectivity index (χ1) is 7.45. The van der Waals surface area contributed by atoms with E-state index in [-0.39, 0.29) is 6.61 Å². The quantitative estimate of drug-likeness (QED) is 0.723. The summed E-state index contributed by atoms with van der Waals surface area (Å²) >= 11 is 0. The minimum Gasteiger partial charge on any atom is -0.481 e. The van der Waals surface area contributed by atoms with Gasteiger partial charge in [0, 0.05) is 7.05 Å². The van der Waals surface area contributed by atoms with Crippen LogP contribution >= 0.6 is 0 Å². The second-order valence-corrected chi connectivity index (χ2v) is 6.01. The van der Waals surface area contributed by atoms with Gasteiger partial charge >= 0.3 is 5.97 Å². The fourth-order valence-corrected chi connectivity index (χ4v) is 1.44. The Morgan fingerprint density at radius 3 is 1.82 bits per heavy atom. The van der Waals surface area contributed by atoms with Crippen LogP contribution in [0.1, 0.15) is 34.6 Å². The van der Waals surface area contributed by atoms with Gasteiger partial charge in [-0.05, 0) is 19.3 Å². The summed E-state index contributed by atoms with van der Waals surface area (Å²) in [4.78, 5) is 24.7. The molecule has 0 bridgehead atoms. The van der Waals surface area contributed by atoms with Crippen LogP contribution < -0.4 is 0 Å². The molecule has 0 aliphatic heterocycles. The van der Waals surface area contributed by atoms with Crippen molar-refractivity contribution in [1.82, 2.24) is 4.90 Å². The van der Waals surface area contributed by atoms with Crippen LogP contribution in [0.5, 0.6) is 0 Å². The molecule has 5 heteroatoms. The van der Waals surface area contributed by atoms with Gasteiger partial charge in [0.1, 0.15) is 5.92 Å². The first-order valence-electron chi connectivity index (χ1n) is 5.56. The lowest BCUT2D eigenvalue weighted by Crippen LogP contribution is -2.53. The van der Waals surface area contributed by atoms with E-state index >= 15 is 0 Å². The highest BCUT2D eigenvalue weighted by Crippen LogP contribution is 2.29. The number of aliphatic carboxylic acids is 1. The van der Waals surface area contributed by atoms with Crippen LogP contribution in [0, 0.1) is 11.3 Å². The summed E-state index contributed by atoms with van der Waals surface area (Å²) in [6.07, 6.45) is 0. The Morgan fingerprint density at radius 1 is 1.18 bits per heavy atom. The number of carboxylic acids is 1. The molecule has 0 aromatic carbocycles. The van der Waals surface area contributed by atoms with Crippen LogP contribution in [0.15, 0.2) is 0 Å². The first kappa shape index (κ1) is 15.9. The molecule has 0 aliphatic carbocycles. The van der Waals surface area contributed by atoms with Gasteiger partial charge < -0.3 is 15.1 Å². The van der Waals surface area contributed by atoms with Gasteiger partial charge in [0.15, 0.2) is 0 Å². The van der Waals surface area contributed by atoms with Gasteiger partial charge in [-0.25, -0.2) is 0 Å². The maximum atomic E-state index is 12.2. The topological polar surface area (TPSA) is 77.8 Å². The number of hydrogen-bond acceptors (Lipinski definition) is 3. The third kappa shape index (κ3) is 3.70. The summed E-state index contributed by atoms with van der Waals surface area (Å²) in [7, 11) is 1.51. The van der Waals surface area contributed by atoms with Crippen molar-refractivity contribution in [3.8, 4) is 0 Å². The van der Waals surface area contributed by atoms with Crippen LogP contribution in [0.3, 0.4) is 0 Å². The zero-order chi connectivity index (χ0) is 14.0. The highest BCUT2D eigenvalue weighted by Gasteiger charge is 2.42. The van der Waals surface area contributed by atoms with E-state index in [9.17, 15) is 14.7 Å². The second-order valence-electron chi connectivity index (χ2n) is 6.01. The number of carbonyl (C=O) groups is 2. The highest BCUT2D eigenvalue weighted by molar-refractivity contribution is 5.98. The zero-order valence-corrected chi connectivity index (χ0v) is 11.4. The highest BCUT2D eigenvalue weighted by atomic mass is 16.4. The largest absolute Gasteiger partial charge is 0.481 e. The first-order valence-corrected chi connectivity index (χ1v) is 5.56. The standard InChI is InChI=1S/C12H23NO4/c1-11(2,3)8(10(16)17)9(15)13(6)12(4,5)7-14/h8,14H,7H2,1-6H3,(H,16,17). The number of rotatable bonds is 4. The molecule has 2 N–H and O–H groups in total. The average molecular weight is 245 g/mol. The van der Waals surface area contributed by atoms with Gasteiger partial charge in [-0.2, -0.15) is 0 Å². The van der Waals surface area contributed by atoms with E-state index in [1.54, 1.807) is 34.6 Å². The molecule has 0 aromatic heterocycles. The number of nitrogens with zero attached hydrogens (tertiary/aromatic N) is 1. The molecule has 0 spiro atoms. The molecule has 1 atom stereocenters. The van der Waals surface area contributed by atoms with Crippen molar-refractivity contribution in [3.63, 3.8) is 0 Å². The summed E-state index contributed by atoms with van der Waals surface area (Å²) in [5.74, 6) is -2.73. The molecule has 0 aromatic rings. The predicted molar refractivity (Wildman–Crippen MR) is 64.5 cm³/mol. The van der Waals surface area contributed by atoms with Crippen LogP contribution in [-0.2, 0) is 9.59 Å². The van der Waals surface area contributed by atoms with Crippen molar-refractivity contribution < 1.29 is 19.8 Å². The summed E-state index contributed by atoms with van der Waals surface area (Å²) in [5, 5.41) is 18.4. The van der Waals surface area contributed by atoms with Gasteiger partial charge in [-0.15, -0.1) is 0 Å². The molecule has 17 heavy (non-hydrogen) atoms. The van der Waals surface area contributed by atoms with Gasteiger partial charge in [-0.1, -0.05) is 20.8 Å². The molecule has 0 saturated carbocycles. The second kappa shape index (κ2) is 5.04. The number of aliphatic hydroxyl groups is 1. The lowest BCUT2D eigenvalue weighted by Gasteiger charge is -2.38. The number of carboxylic acid groups (broad SMARTS) is 1. The minimum atomic E-state index is -1.14. The smallest absolute Gasteiger partial charge is 0.316 e. The Balaban J connectivity index is 5.20. The van der Waals surface area contributed by atoms with Crippen LogP contribution in [0.4, 0.5) is 0 Å².